The van der Waals surface area contributed by atoms with Crippen molar-refractivity contribution in [3.8, 4) is 0 Å². The maximum atomic E-state index is 13.7. The summed E-state index contributed by atoms with van der Waals surface area (Å²) in [7, 11) is 0. The molecule has 0 unspecified atom stereocenters. The van der Waals surface area contributed by atoms with Gasteiger partial charge in [0.2, 0.25) is 0 Å². The number of carbonyl (C=O) groups excluding carboxylic acids is 1. The van der Waals surface area contributed by atoms with E-state index in [4.69, 9.17) is 4.74 Å². The standard InChI is InChI=1S/C29H40F2N2O2/c1-23(25-13-9-6-10-14-25)33(22-24-11-7-5-8-12-24)26(21-27(34)35-28(2,3)4)15-18-32-19-16-29(30,31)17-20-32/h5-14,23,26H,15-22H2,1-4H3/t23-,26-/m0/s1. The van der Waals surface area contributed by atoms with Crippen LogP contribution in [-0.2, 0) is 16.1 Å². The Bertz CT molecular complexity index is 905. The zero-order valence-corrected chi connectivity index (χ0v) is 21.6. The molecule has 1 aliphatic heterocycles. The zero-order valence-electron chi connectivity index (χ0n) is 21.6. The van der Waals surface area contributed by atoms with Gasteiger partial charge >= 0.3 is 5.97 Å². The second-order valence-electron chi connectivity index (χ2n) is 10.7. The van der Waals surface area contributed by atoms with Crippen LogP contribution < -0.4 is 0 Å². The van der Waals surface area contributed by atoms with E-state index in [9.17, 15) is 13.6 Å². The van der Waals surface area contributed by atoms with Gasteiger partial charge in [-0.05, 0) is 51.8 Å². The molecule has 192 valence electrons. The maximum absolute atomic E-state index is 13.7. The van der Waals surface area contributed by atoms with E-state index in [1.165, 1.54) is 11.1 Å². The second kappa shape index (κ2) is 12.1. The molecule has 0 radical (unpaired) electrons. The number of ether oxygens (including phenoxy) is 1. The summed E-state index contributed by atoms with van der Waals surface area (Å²) in [6.07, 6.45) is 0.760. The van der Waals surface area contributed by atoms with Crippen LogP contribution in [0.1, 0.15) is 70.5 Å². The van der Waals surface area contributed by atoms with Gasteiger partial charge in [0.1, 0.15) is 5.60 Å². The number of likely N-dealkylation sites (tertiary alicyclic amines) is 1. The SMILES string of the molecule is C[C@@H](c1ccccc1)N(Cc1ccccc1)[C@@H](CCN1CCC(F)(F)CC1)CC(=O)OC(C)(C)C. The monoisotopic (exact) mass is 486 g/mol. The summed E-state index contributed by atoms with van der Waals surface area (Å²) < 4.78 is 33.0. The lowest BCUT2D eigenvalue weighted by Gasteiger charge is -2.39. The van der Waals surface area contributed by atoms with E-state index < -0.39 is 11.5 Å². The van der Waals surface area contributed by atoms with Crippen molar-refractivity contribution in [3.05, 3.63) is 71.8 Å². The number of esters is 1. The summed E-state index contributed by atoms with van der Waals surface area (Å²) >= 11 is 0. The van der Waals surface area contributed by atoms with Crippen molar-refractivity contribution in [2.75, 3.05) is 19.6 Å². The molecule has 2 aromatic carbocycles. The Morgan fingerprint density at radius 1 is 1.03 bits per heavy atom. The molecular weight excluding hydrogens is 446 g/mol. The Hall–Kier alpha value is -2.31. The third-order valence-corrected chi connectivity index (χ3v) is 6.64. The minimum Gasteiger partial charge on any atom is -0.460 e. The lowest BCUT2D eigenvalue weighted by Crippen LogP contribution is -2.44. The smallest absolute Gasteiger partial charge is 0.307 e. The van der Waals surface area contributed by atoms with E-state index in [1.807, 2.05) is 57.2 Å². The molecule has 2 aromatic rings. The number of carbonyl (C=O) groups is 1. The third-order valence-electron chi connectivity index (χ3n) is 6.64. The number of alkyl halides is 2. The summed E-state index contributed by atoms with van der Waals surface area (Å²) in [6, 6.07) is 20.5. The van der Waals surface area contributed by atoms with E-state index >= 15 is 0 Å². The molecule has 0 amide bonds. The number of hydrogen-bond donors (Lipinski definition) is 0. The van der Waals surface area contributed by atoms with E-state index in [0.717, 1.165) is 0 Å². The summed E-state index contributed by atoms with van der Waals surface area (Å²) in [4.78, 5) is 17.4. The van der Waals surface area contributed by atoms with Crippen LogP contribution in [0.3, 0.4) is 0 Å². The van der Waals surface area contributed by atoms with Crippen molar-refractivity contribution in [2.24, 2.45) is 0 Å². The molecule has 35 heavy (non-hydrogen) atoms. The molecule has 0 N–H and O–H groups in total. The highest BCUT2D eigenvalue weighted by molar-refractivity contribution is 5.70. The van der Waals surface area contributed by atoms with Crippen molar-refractivity contribution in [3.63, 3.8) is 0 Å². The zero-order chi connectivity index (χ0) is 25.5. The highest BCUT2D eigenvalue weighted by atomic mass is 19.3. The van der Waals surface area contributed by atoms with Crippen molar-refractivity contribution in [1.29, 1.82) is 0 Å². The van der Waals surface area contributed by atoms with Crippen molar-refractivity contribution in [1.82, 2.24) is 9.80 Å². The van der Waals surface area contributed by atoms with Gasteiger partial charge in [-0.25, -0.2) is 8.78 Å². The highest BCUT2D eigenvalue weighted by Crippen LogP contribution is 2.30. The Morgan fingerprint density at radius 3 is 2.17 bits per heavy atom. The normalized spacial score (nSPS) is 18.3. The quantitative estimate of drug-likeness (QED) is 0.360. The number of hydrogen-bond acceptors (Lipinski definition) is 4. The van der Waals surface area contributed by atoms with Crippen LogP contribution in [0.25, 0.3) is 0 Å². The van der Waals surface area contributed by atoms with Gasteiger partial charge < -0.3 is 9.64 Å². The number of rotatable bonds is 10. The fourth-order valence-electron chi connectivity index (χ4n) is 4.70. The summed E-state index contributed by atoms with van der Waals surface area (Å²) in [5.41, 5.74) is 1.78. The van der Waals surface area contributed by atoms with Crippen LogP contribution in [0.5, 0.6) is 0 Å². The third kappa shape index (κ3) is 9.01. The predicted molar refractivity (Wildman–Crippen MR) is 136 cm³/mol. The molecule has 1 fully saturated rings. The molecule has 6 heteroatoms. The van der Waals surface area contributed by atoms with Crippen LogP contribution in [-0.4, -0.2) is 53.0 Å². The summed E-state index contributed by atoms with van der Waals surface area (Å²) in [5, 5.41) is 0. The lowest BCUT2D eigenvalue weighted by molar-refractivity contribution is -0.156. The van der Waals surface area contributed by atoms with Crippen LogP contribution >= 0.6 is 0 Å². The maximum Gasteiger partial charge on any atom is 0.307 e. The molecule has 0 aliphatic carbocycles. The second-order valence-corrected chi connectivity index (χ2v) is 10.7. The fraction of sp³-hybridized carbons (Fsp3) is 0.552. The first-order chi connectivity index (χ1) is 16.5. The van der Waals surface area contributed by atoms with E-state index in [2.05, 4.69) is 41.0 Å². The first-order valence-corrected chi connectivity index (χ1v) is 12.7. The molecule has 0 bridgehead atoms. The van der Waals surface area contributed by atoms with Gasteiger partial charge in [0, 0.05) is 44.6 Å². The topological polar surface area (TPSA) is 32.8 Å². The number of piperidine rings is 1. The van der Waals surface area contributed by atoms with Gasteiger partial charge in [-0.1, -0.05) is 60.7 Å². The molecule has 0 saturated carbocycles. The lowest BCUT2D eigenvalue weighted by atomic mass is 9.99. The Balaban J connectivity index is 1.83. The predicted octanol–water partition coefficient (Wildman–Crippen LogP) is 6.47. The molecule has 0 aromatic heterocycles. The fourth-order valence-corrected chi connectivity index (χ4v) is 4.70. The summed E-state index contributed by atoms with van der Waals surface area (Å²) in [5.74, 6) is -2.79. The van der Waals surface area contributed by atoms with Crippen molar-refractivity contribution in [2.45, 2.75) is 83.5 Å². The van der Waals surface area contributed by atoms with Crippen molar-refractivity contribution >= 4 is 5.97 Å². The molecule has 1 heterocycles. The molecular formula is C29H40F2N2O2. The van der Waals surface area contributed by atoms with Crippen molar-refractivity contribution < 1.29 is 18.3 Å². The summed E-state index contributed by atoms with van der Waals surface area (Å²) in [6.45, 7) is 9.94. The van der Waals surface area contributed by atoms with Crippen LogP contribution in [0.4, 0.5) is 8.78 Å². The van der Waals surface area contributed by atoms with E-state index in [-0.39, 0.29) is 37.3 Å². The minimum absolute atomic E-state index is 0.0644. The van der Waals surface area contributed by atoms with Crippen LogP contribution in [0.2, 0.25) is 0 Å². The average Bonchev–Trinajstić information content (AvgIpc) is 2.81. The number of nitrogens with zero attached hydrogens (tertiary/aromatic N) is 2. The van der Waals surface area contributed by atoms with Crippen LogP contribution in [0.15, 0.2) is 60.7 Å². The molecule has 0 spiro atoms. The first kappa shape index (κ1) is 27.3. The Labute approximate surface area is 209 Å². The van der Waals surface area contributed by atoms with E-state index in [1.54, 1.807) is 0 Å². The van der Waals surface area contributed by atoms with Crippen LogP contribution in [0, 0.1) is 0 Å². The molecule has 2 atom stereocenters. The average molecular weight is 487 g/mol. The Kier molecular flexibility index (Phi) is 9.42. The van der Waals surface area contributed by atoms with Gasteiger partial charge in [-0.3, -0.25) is 9.69 Å². The van der Waals surface area contributed by atoms with E-state index in [0.29, 0.717) is 32.6 Å². The highest BCUT2D eigenvalue weighted by Gasteiger charge is 2.35. The number of halogens is 2. The van der Waals surface area contributed by atoms with Gasteiger partial charge in [0.15, 0.2) is 0 Å². The molecule has 1 saturated heterocycles. The largest absolute Gasteiger partial charge is 0.460 e. The Morgan fingerprint density at radius 2 is 1.60 bits per heavy atom. The van der Waals surface area contributed by atoms with Gasteiger partial charge in [-0.2, -0.15) is 0 Å². The van der Waals surface area contributed by atoms with Gasteiger partial charge in [0.25, 0.3) is 5.92 Å². The minimum atomic E-state index is -2.56. The number of benzene rings is 2. The molecule has 1 aliphatic rings. The van der Waals surface area contributed by atoms with Gasteiger partial charge in [-0.15, -0.1) is 0 Å². The molecule has 4 nitrogen and oxygen atoms in total. The molecule has 3 rings (SSSR count). The van der Waals surface area contributed by atoms with Gasteiger partial charge in [0.05, 0.1) is 6.42 Å². The first-order valence-electron chi connectivity index (χ1n) is 12.7.